The number of hydrogen-bond donors (Lipinski definition) is 2. The summed E-state index contributed by atoms with van der Waals surface area (Å²) in [7, 11) is 1.60. The Labute approximate surface area is 90.3 Å². The van der Waals surface area contributed by atoms with E-state index in [4.69, 9.17) is 15.2 Å². The van der Waals surface area contributed by atoms with Gasteiger partial charge in [0, 0.05) is 33.0 Å². The van der Waals surface area contributed by atoms with E-state index in [0.717, 1.165) is 26.1 Å². The van der Waals surface area contributed by atoms with Crippen LogP contribution in [0, 0.1) is 0 Å². The molecule has 0 aromatic heterocycles. The standard InChI is InChI=1S/C10H20N2O3/c1-14-5-4-9(11)10(13)12-8-2-6-15-7-3-8/h8-9H,2-7,11H2,1H3,(H,12,13). The molecule has 1 rings (SSSR count). The Morgan fingerprint density at radius 3 is 2.87 bits per heavy atom. The molecule has 1 unspecified atom stereocenters. The first-order valence-electron chi connectivity index (χ1n) is 5.36. The van der Waals surface area contributed by atoms with Gasteiger partial charge in [0.05, 0.1) is 6.04 Å². The first-order chi connectivity index (χ1) is 7.24. The van der Waals surface area contributed by atoms with Crippen LogP contribution in [0.1, 0.15) is 19.3 Å². The van der Waals surface area contributed by atoms with Gasteiger partial charge in [-0.25, -0.2) is 0 Å². The van der Waals surface area contributed by atoms with Crippen molar-refractivity contribution in [3.8, 4) is 0 Å². The number of amides is 1. The van der Waals surface area contributed by atoms with Gasteiger partial charge in [0.25, 0.3) is 0 Å². The average molecular weight is 216 g/mol. The minimum atomic E-state index is -0.465. The predicted octanol–water partition coefficient (Wildman–Crippen LogP) is -0.355. The van der Waals surface area contributed by atoms with Crippen molar-refractivity contribution in [3.63, 3.8) is 0 Å². The van der Waals surface area contributed by atoms with Gasteiger partial charge in [0.2, 0.25) is 5.91 Å². The Bertz CT molecular complexity index is 193. The monoisotopic (exact) mass is 216 g/mol. The molecule has 1 aliphatic heterocycles. The lowest BCUT2D eigenvalue weighted by molar-refractivity contribution is -0.124. The summed E-state index contributed by atoms with van der Waals surface area (Å²) in [4.78, 5) is 11.6. The van der Waals surface area contributed by atoms with Crippen molar-refractivity contribution >= 4 is 5.91 Å². The average Bonchev–Trinajstić information content (AvgIpc) is 2.27. The molecular weight excluding hydrogens is 196 g/mol. The first kappa shape index (κ1) is 12.4. The number of methoxy groups -OCH3 is 1. The van der Waals surface area contributed by atoms with E-state index in [1.807, 2.05) is 0 Å². The lowest BCUT2D eigenvalue weighted by Crippen LogP contribution is -2.47. The van der Waals surface area contributed by atoms with Gasteiger partial charge >= 0.3 is 0 Å². The summed E-state index contributed by atoms with van der Waals surface area (Å²) < 4.78 is 10.1. The van der Waals surface area contributed by atoms with E-state index in [-0.39, 0.29) is 11.9 Å². The number of nitrogens with two attached hydrogens (primary N) is 1. The summed E-state index contributed by atoms with van der Waals surface area (Å²) in [5.74, 6) is -0.0843. The van der Waals surface area contributed by atoms with Gasteiger partial charge in [-0.2, -0.15) is 0 Å². The largest absolute Gasteiger partial charge is 0.385 e. The van der Waals surface area contributed by atoms with Crippen molar-refractivity contribution in [2.24, 2.45) is 5.73 Å². The molecule has 15 heavy (non-hydrogen) atoms. The second-order valence-corrected chi connectivity index (χ2v) is 3.78. The molecule has 0 aromatic rings. The quantitative estimate of drug-likeness (QED) is 0.658. The Morgan fingerprint density at radius 2 is 2.27 bits per heavy atom. The topological polar surface area (TPSA) is 73.6 Å². The fraction of sp³-hybridized carbons (Fsp3) is 0.900. The van der Waals surface area contributed by atoms with Crippen LogP contribution in [0.15, 0.2) is 0 Å². The van der Waals surface area contributed by atoms with Crippen LogP contribution in [0.5, 0.6) is 0 Å². The minimum absolute atomic E-state index is 0.0843. The Kier molecular flexibility index (Phi) is 5.60. The molecule has 0 saturated carbocycles. The van der Waals surface area contributed by atoms with Crippen molar-refractivity contribution < 1.29 is 14.3 Å². The number of carbonyl (C=O) groups is 1. The molecule has 1 heterocycles. The number of ether oxygens (including phenoxy) is 2. The third-order valence-electron chi connectivity index (χ3n) is 2.54. The number of rotatable bonds is 5. The minimum Gasteiger partial charge on any atom is -0.385 e. The molecule has 88 valence electrons. The molecule has 1 amide bonds. The Balaban J connectivity index is 2.20. The normalized spacial score (nSPS) is 19.9. The SMILES string of the molecule is COCCC(N)C(=O)NC1CCOCC1. The maximum atomic E-state index is 11.6. The first-order valence-corrected chi connectivity index (χ1v) is 5.36. The molecule has 1 aliphatic rings. The van der Waals surface area contributed by atoms with E-state index in [0.29, 0.717) is 13.0 Å². The summed E-state index contributed by atoms with van der Waals surface area (Å²) in [6, 6.07) is -0.243. The van der Waals surface area contributed by atoms with Crippen LogP contribution in [0.2, 0.25) is 0 Å². The zero-order valence-corrected chi connectivity index (χ0v) is 9.20. The molecule has 0 aromatic carbocycles. The van der Waals surface area contributed by atoms with Gasteiger partial charge in [-0.3, -0.25) is 4.79 Å². The summed E-state index contributed by atoms with van der Waals surface area (Å²) in [5.41, 5.74) is 5.70. The Hall–Kier alpha value is -0.650. The van der Waals surface area contributed by atoms with Crippen molar-refractivity contribution in [1.82, 2.24) is 5.32 Å². The van der Waals surface area contributed by atoms with Crippen LogP contribution in [0.3, 0.4) is 0 Å². The smallest absolute Gasteiger partial charge is 0.237 e. The summed E-state index contributed by atoms with van der Waals surface area (Å²) in [6.45, 7) is 1.96. The summed E-state index contributed by atoms with van der Waals surface area (Å²) in [6.07, 6.45) is 2.32. The summed E-state index contributed by atoms with van der Waals surface area (Å²) in [5, 5.41) is 2.93. The Morgan fingerprint density at radius 1 is 1.60 bits per heavy atom. The zero-order valence-electron chi connectivity index (χ0n) is 9.20. The number of carbonyl (C=O) groups excluding carboxylic acids is 1. The van der Waals surface area contributed by atoms with Crippen LogP contribution >= 0.6 is 0 Å². The molecule has 5 nitrogen and oxygen atoms in total. The number of hydrogen-bond acceptors (Lipinski definition) is 4. The predicted molar refractivity (Wildman–Crippen MR) is 56.5 cm³/mol. The molecule has 0 bridgehead atoms. The van der Waals surface area contributed by atoms with E-state index in [9.17, 15) is 4.79 Å². The van der Waals surface area contributed by atoms with Gasteiger partial charge in [0.1, 0.15) is 0 Å². The molecule has 5 heteroatoms. The van der Waals surface area contributed by atoms with Crippen LogP contribution in [0.4, 0.5) is 0 Å². The highest BCUT2D eigenvalue weighted by Crippen LogP contribution is 2.06. The van der Waals surface area contributed by atoms with Gasteiger partial charge in [-0.15, -0.1) is 0 Å². The molecule has 1 atom stereocenters. The van der Waals surface area contributed by atoms with Crippen LogP contribution in [0.25, 0.3) is 0 Å². The van der Waals surface area contributed by atoms with Crippen LogP contribution < -0.4 is 11.1 Å². The molecular formula is C10H20N2O3. The second-order valence-electron chi connectivity index (χ2n) is 3.78. The summed E-state index contributed by atoms with van der Waals surface area (Å²) >= 11 is 0. The van der Waals surface area contributed by atoms with Crippen molar-refractivity contribution in [2.75, 3.05) is 26.9 Å². The molecule has 1 saturated heterocycles. The fourth-order valence-corrected chi connectivity index (χ4v) is 1.53. The third-order valence-corrected chi connectivity index (χ3v) is 2.54. The van der Waals surface area contributed by atoms with E-state index in [1.54, 1.807) is 7.11 Å². The van der Waals surface area contributed by atoms with E-state index in [2.05, 4.69) is 5.32 Å². The third kappa shape index (κ3) is 4.59. The van der Waals surface area contributed by atoms with E-state index in [1.165, 1.54) is 0 Å². The van der Waals surface area contributed by atoms with Crippen LogP contribution in [-0.4, -0.2) is 44.9 Å². The highest BCUT2D eigenvalue weighted by atomic mass is 16.5. The highest BCUT2D eigenvalue weighted by Gasteiger charge is 2.19. The van der Waals surface area contributed by atoms with Gasteiger partial charge in [-0.05, 0) is 19.3 Å². The van der Waals surface area contributed by atoms with E-state index < -0.39 is 6.04 Å². The fourth-order valence-electron chi connectivity index (χ4n) is 1.53. The zero-order chi connectivity index (χ0) is 11.1. The van der Waals surface area contributed by atoms with Gasteiger partial charge in [-0.1, -0.05) is 0 Å². The van der Waals surface area contributed by atoms with Crippen LogP contribution in [-0.2, 0) is 14.3 Å². The van der Waals surface area contributed by atoms with Crippen molar-refractivity contribution in [2.45, 2.75) is 31.3 Å². The maximum absolute atomic E-state index is 11.6. The lowest BCUT2D eigenvalue weighted by Gasteiger charge is -2.24. The van der Waals surface area contributed by atoms with Crippen molar-refractivity contribution in [1.29, 1.82) is 0 Å². The molecule has 3 N–H and O–H groups in total. The second kappa shape index (κ2) is 6.76. The molecule has 0 aliphatic carbocycles. The van der Waals surface area contributed by atoms with Gasteiger partial charge < -0.3 is 20.5 Å². The maximum Gasteiger partial charge on any atom is 0.237 e. The highest BCUT2D eigenvalue weighted by molar-refractivity contribution is 5.81. The molecule has 0 radical (unpaired) electrons. The van der Waals surface area contributed by atoms with Gasteiger partial charge in [0.15, 0.2) is 0 Å². The van der Waals surface area contributed by atoms with Crippen molar-refractivity contribution in [3.05, 3.63) is 0 Å². The molecule has 0 spiro atoms. The molecule has 1 fully saturated rings. The van der Waals surface area contributed by atoms with E-state index >= 15 is 0 Å². The number of nitrogens with one attached hydrogen (secondary N) is 1. The lowest BCUT2D eigenvalue weighted by atomic mass is 10.1.